The highest BCUT2D eigenvalue weighted by atomic mass is 16.5. The van der Waals surface area contributed by atoms with E-state index in [1.165, 1.54) is 0 Å². The molecule has 11 nitrogen and oxygen atoms in total. The highest BCUT2D eigenvalue weighted by Crippen LogP contribution is 2.37. The van der Waals surface area contributed by atoms with Crippen molar-refractivity contribution in [1.29, 1.82) is 0 Å². The molecule has 11 heteroatoms. The molecular weight excluding hydrogens is 512 g/mol. The van der Waals surface area contributed by atoms with E-state index in [0.29, 0.717) is 36.6 Å². The third-order valence-electron chi connectivity index (χ3n) is 6.88. The zero-order chi connectivity index (χ0) is 29.0. The van der Waals surface area contributed by atoms with Gasteiger partial charge in [-0.25, -0.2) is 9.79 Å². The first kappa shape index (κ1) is 28.5. The van der Waals surface area contributed by atoms with Crippen LogP contribution in [0.25, 0.3) is 11.3 Å². The molecule has 1 aliphatic rings. The van der Waals surface area contributed by atoms with Gasteiger partial charge in [-0.3, -0.25) is 24.6 Å². The monoisotopic (exact) mass is 548 g/mol. The maximum atomic E-state index is 13.9. The standard InChI is InChI=1S/C29H36N6O5/c1-6-40-25-13-20-7-9-34-23(21(20)14-24(25)39-5)15-26(32-27-18(3)11-17(2)12-19(27)4)35(29(34)37)10-8-31-28(36)22(16-30)33-38/h11-16,33,38H,6-10,30H2,1-5H3,(H,31,36)/b22-16-,32-26?. The molecule has 5 N–H and O–H groups in total. The van der Waals surface area contributed by atoms with Gasteiger partial charge in [0.15, 0.2) is 11.5 Å². The van der Waals surface area contributed by atoms with E-state index in [-0.39, 0.29) is 24.5 Å². The fourth-order valence-electron chi connectivity index (χ4n) is 5.08. The molecule has 1 amide bonds. The van der Waals surface area contributed by atoms with Gasteiger partial charge in [0, 0.05) is 37.5 Å². The number of hydroxylamine groups is 1. The molecule has 0 atom stereocenters. The van der Waals surface area contributed by atoms with Crippen molar-refractivity contribution in [2.24, 2.45) is 10.7 Å². The van der Waals surface area contributed by atoms with E-state index in [4.69, 9.17) is 25.4 Å². The summed E-state index contributed by atoms with van der Waals surface area (Å²) >= 11 is 0. The average Bonchev–Trinajstić information content (AvgIpc) is 2.92. The predicted molar refractivity (Wildman–Crippen MR) is 152 cm³/mol. The van der Waals surface area contributed by atoms with Gasteiger partial charge in [-0.05, 0) is 62.9 Å². The molecule has 0 fully saturated rings. The Hall–Kier alpha value is -4.51. The molecule has 0 unspecified atom stereocenters. The molecule has 4 rings (SSSR count). The molecule has 0 aliphatic carbocycles. The minimum absolute atomic E-state index is 0.105. The molecule has 0 saturated carbocycles. The average molecular weight is 549 g/mol. The normalized spacial score (nSPS) is 12.9. The van der Waals surface area contributed by atoms with E-state index in [1.54, 1.807) is 21.7 Å². The van der Waals surface area contributed by atoms with Crippen molar-refractivity contribution in [3.63, 3.8) is 0 Å². The van der Waals surface area contributed by atoms with Crippen molar-refractivity contribution < 1.29 is 19.5 Å². The number of hydrogen-bond donors (Lipinski definition) is 4. The second kappa shape index (κ2) is 12.1. The second-order valence-electron chi connectivity index (χ2n) is 9.62. The van der Waals surface area contributed by atoms with Gasteiger partial charge in [0.25, 0.3) is 5.91 Å². The Labute approximate surface area is 232 Å². The Morgan fingerprint density at radius 1 is 1.15 bits per heavy atom. The van der Waals surface area contributed by atoms with E-state index in [9.17, 15) is 9.59 Å². The van der Waals surface area contributed by atoms with Crippen LogP contribution in [0, 0.1) is 20.8 Å². The Morgan fingerprint density at radius 3 is 2.50 bits per heavy atom. The minimum Gasteiger partial charge on any atom is -0.493 e. The summed E-state index contributed by atoms with van der Waals surface area (Å²) in [6.45, 7) is 9.18. The number of amides is 1. The van der Waals surface area contributed by atoms with Crippen molar-refractivity contribution in [1.82, 2.24) is 19.9 Å². The first-order valence-electron chi connectivity index (χ1n) is 13.1. The van der Waals surface area contributed by atoms with Gasteiger partial charge in [0.1, 0.15) is 11.2 Å². The molecular formula is C29H36N6O5. The second-order valence-corrected chi connectivity index (χ2v) is 9.62. The number of benzene rings is 2. The van der Waals surface area contributed by atoms with Crippen molar-refractivity contribution in [2.45, 2.75) is 47.2 Å². The fourth-order valence-corrected chi connectivity index (χ4v) is 5.08. The number of methoxy groups -OCH3 is 1. The number of nitrogens with two attached hydrogens (primary N) is 1. The molecule has 2 heterocycles. The highest BCUT2D eigenvalue weighted by Gasteiger charge is 2.23. The third kappa shape index (κ3) is 5.59. The van der Waals surface area contributed by atoms with Crippen LogP contribution in [-0.2, 0) is 24.3 Å². The van der Waals surface area contributed by atoms with E-state index in [1.807, 2.05) is 45.9 Å². The Kier molecular flexibility index (Phi) is 8.64. The summed E-state index contributed by atoms with van der Waals surface area (Å²) in [4.78, 5) is 31.2. The Morgan fingerprint density at radius 2 is 1.88 bits per heavy atom. The molecule has 0 saturated heterocycles. The lowest BCUT2D eigenvalue weighted by Crippen LogP contribution is -2.44. The number of hydrogen-bond acceptors (Lipinski definition) is 8. The molecule has 1 aliphatic heterocycles. The van der Waals surface area contributed by atoms with E-state index in [2.05, 4.69) is 17.4 Å². The van der Waals surface area contributed by atoms with Gasteiger partial charge in [-0.2, -0.15) is 0 Å². The number of nitrogens with one attached hydrogen (secondary N) is 2. The molecule has 2 aromatic carbocycles. The molecule has 0 spiro atoms. The lowest BCUT2D eigenvalue weighted by atomic mass is 9.97. The largest absolute Gasteiger partial charge is 0.493 e. The topological polar surface area (TPSA) is 145 Å². The van der Waals surface area contributed by atoms with E-state index in [0.717, 1.165) is 45.4 Å². The van der Waals surface area contributed by atoms with Crippen molar-refractivity contribution in [3.05, 3.63) is 80.5 Å². The minimum atomic E-state index is -0.599. The number of aromatic nitrogens is 2. The summed E-state index contributed by atoms with van der Waals surface area (Å²) in [6, 6.07) is 9.90. The van der Waals surface area contributed by atoms with Gasteiger partial charge in [-0.1, -0.05) is 17.7 Å². The molecule has 0 radical (unpaired) electrons. The molecule has 3 aromatic rings. The number of fused-ring (bicyclic) bond motifs is 3. The van der Waals surface area contributed by atoms with Crippen LogP contribution < -0.4 is 37.2 Å². The Bertz CT molecular complexity index is 1580. The lowest BCUT2D eigenvalue weighted by Gasteiger charge is -2.25. The zero-order valence-corrected chi connectivity index (χ0v) is 23.5. The first-order chi connectivity index (χ1) is 19.2. The van der Waals surface area contributed by atoms with Crippen molar-refractivity contribution in [3.8, 4) is 22.8 Å². The smallest absolute Gasteiger partial charge is 0.330 e. The maximum absolute atomic E-state index is 13.9. The van der Waals surface area contributed by atoms with Crippen LogP contribution in [-0.4, -0.2) is 40.5 Å². The number of carbonyl (C=O) groups excluding carboxylic acids is 1. The van der Waals surface area contributed by atoms with Gasteiger partial charge in [0.2, 0.25) is 0 Å². The van der Waals surface area contributed by atoms with Crippen LogP contribution >= 0.6 is 0 Å². The van der Waals surface area contributed by atoms with Crippen molar-refractivity contribution in [2.75, 3.05) is 20.3 Å². The van der Waals surface area contributed by atoms with E-state index >= 15 is 0 Å². The third-order valence-corrected chi connectivity index (χ3v) is 6.88. The van der Waals surface area contributed by atoms with Gasteiger partial charge >= 0.3 is 5.69 Å². The Balaban J connectivity index is 1.89. The van der Waals surface area contributed by atoms with Gasteiger partial charge < -0.3 is 20.5 Å². The molecule has 40 heavy (non-hydrogen) atoms. The number of nitrogens with zero attached hydrogens (tertiary/aromatic N) is 3. The SMILES string of the molecule is CCOc1cc2c(cc1OC)-c1cc(=Nc3c(C)cc(C)cc3C)n(CCNC(=O)/C(=C/N)NO)c(=O)n1CC2. The van der Waals surface area contributed by atoms with Crippen LogP contribution in [0.4, 0.5) is 5.69 Å². The molecule has 0 bridgehead atoms. The fraction of sp³-hybridized carbons (Fsp3) is 0.345. The first-order valence-corrected chi connectivity index (χ1v) is 13.1. The summed E-state index contributed by atoms with van der Waals surface area (Å²) in [5.41, 5.74) is 13.7. The van der Waals surface area contributed by atoms with Crippen LogP contribution in [0.3, 0.4) is 0 Å². The lowest BCUT2D eigenvalue weighted by molar-refractivity contribution is -0.118. The summed E-state index contributed by atoms with van der Waals surface area (Å²) < 4.78 is 14.6. The molecule has 212 valence electrons. The summed E-state index contributed by atoms with van der Waals surface area (Å²) in [6.07, 6.45) is 1.60. The van der Waals surface area contributed by atoms with Crippen LogP contribution in [0.2, 0.25) is 0 Å². The highest BCUT2D eigenvalue weighted by molar-refractivity contribution is 5.92. The summed E-state index contributed by atoms with van der Waals surface area (Å²) in [5.74, 6) is 0.657. The summed E-state index contributed by atoms with van der Waals surface area (Å²) in [5, 5.41) is 11.7. The number of ether oxygens (including phenoxy) is 2. The quantitative estimate of drug-likeness (QED) is 0.237. The zero-order valence-electron chi connectivity index (χ0n) is 23.5. The summed E-state index contributed by atoms with van der Waals surface area (Å²) in [7, 11) is 1.59. The van der Waals surface area contributed by atoms with Crippen LogP contribution in [0.5, 0.6) is 11.5 Å². The maximum Gasteiger partial charge on any atom is 0.330 e. The number of aryl methyl sites for hydroxylation is 4. The number of rotatable bonds is 9. The van der Waals surface area contributed by atoms with Crippen LogP contribution in [0.1, 0.15) is 29.2 Å². The number of carbonyl (C=O) groups is 1. The van der Waals surface area contributed by atoms with E-state index < -0.39 is 5.91 Å². The predicted octanol–water partition coefficient (Wildman–Crippen LogP) is 2.33. The van der Waals surface area contributed by atoms with Gasteiger partial charge in [0.05, 0.1) is 25.1 Å². The van der Waals surface area contributed by atoms with Gasteiger partial charge in [-0.15, -0.1) is 0 Å². The van der Waals surface area contributed by atoms with Crippen LogP contribution in [0.15, 0.2) is 52.0 Å². The van der Waals surface area contributed by atoms with Crippen molar-refractivity contribution >= 4 is 11.6 Å². The molecule has 1 aromatic heterocycles.